The number of aryl methyl sites for hydroxylation is 3. The van der Waals surface area contributed by atoms with E-state index in [4.69, 9.17) is 9.47 Å². The molecule has 1 amide bonds. The summed E-state index contributed by atoms with van der Waals surface area (Å²) in [6.07, 6.45) is 5.06. The molecular weight excluding hydrogens is 320 g/mol. The molecular formula is C18H24N4O3. The summed E-state index contributed by atoms with van der Waals surface area (Å²) < 4.78 is 13.3. The molecule has 0 spiro atoms. The maximum atomic E-state index is 12.3. The maximum absolute atomic E-state index is 12.3. The molecule has 7 heteroatoms. The number of amides is 1. The van der Waals surface area contributed by atoms with Gasteiger partial charge in [0.15, 0.2) is 0 Å². The summed E-state index contributed by atoms with van der Waals surface area (Å²) in [6, 6.07) is 5.66. The zero-order valence-corrected chi connectivity index (χ0v) is 14.6. The van der Waals surface area contributed by atoms with Crippen LogP contribution in [0.4, 0.5) is 0 Å². The first-order chi connectivity index (χ1) is 12.1. The van der Waals surface area contributed by atoms with Crippen LogP contribution in [0.2, 0.25) is 0 Å². The zero-order valence-electron chi connectivity index (χ0n) is 14.6. The summed E-state index contributed by atoms with van der Waals surface area (Å²) in [5.74, 6) is 0.707. The van der Waals surface area contributed by atoms with Gasteiger partial charge in [0.1, 0.15) is 11.9 Å². The number of aromatic nitrogens is 3. The molecule has 1 N–H and O–H groups in total. The van der Waals surface area contributed by atoms with E-state index in [1.807, 2.05) is 32.2 Å². The van der Waals surface area contributed by atoms with Gasteiger partial charge < -0.3 is 14.8 Å². The van der Waals surface area contributed by atoms with E-state index in [1.54, 1.807) is 17.1 Å². The third-order valence-corrected chi connectivity index (χ3v) is 4.35. The van der Waals surface area contributed by atoms with Crippen molar-refractivity contribution in [3.63, 3.8) is 0 Å². The fraction of sp³-hybridized carbons (Fsp3) is 0.500. The molecule has 2 aromatic heterocycles. The predicted octanol–water partition coefficient (Wildman–Crippen LogP) is 1.41. The van der Waals surface area contributed by atoms with Gasteiger partial charge in [0, 0.05) is 37.7 Å². The van der Waals surface area contributed by atoms with Crippen LogP contribution in [0, 0.1) is 6.92 Å². The highest BCUT2D eigenvalue weighted by Gasteiger charge is 2.29. The topological polar surface area (TPSA) is 78.3 Å². The second-order valence-electron chi connectivity index (χ2n) is 6.28. The van der Waals surface area contributed by atoms with Crippen LogP contribution in [-0.2, 0) is 23.0 Å². The van der Waals surface area contributed by atoms with Crippen molar-refractivity contribution in [3.8, 4) is 5.75 Å². The van der Waals surface area contributed by atoms with Gasteiger partial charge in [-0.05, 0) is 38.0 Å². The third kappa shape index (κ3) is 4.79. The van der Waals surface area contributed by atoms with Gasteiger partial charge in [-0.3, -0.25) is 14.5 Å². The fourth-order valence-electron chi connectivity index (χ4n) is 2.86. The van der Waals surface area contributed by atoms with Gasteiger partial charge in [0.25, 0.3) is 0 Å². The average molecular weight is 344 g/mol. The molecule has 1 aliphatic rings. The molecule has 0 aliphatic carbocycles. The van der Waals surface area contributed by atoms with Crippen molar-refractivity contribution in [2.75, 3.05) is 13.2 Å². The van der Waals surface area contributed by atoms with Crippen LogP contribution >= 0.6 is 0 Å². The predicted molar refractivity (Wildman–Crippen MR) is 92.3 cm³/mol. The second kappa shape index (κ2) is 8.11. The summed E-state index contributed by atoms with van der Waals surface area (Å²) in [7, 11) is 1.88. The highest BCUT2D eigenvalue weighted by atomic mass is 16.5. The van der Waals surface area contributed by atoms with Crippen molar-refractivity contribution in [2.24, 2.45) is 7.05 Å². The van der Waals surface area contributed by atoms with Gasteiger partial charge in [-0.25, -0.2) is 0 Å². The van der Waals surface area contributed by atoms with Gasteiger partial charge in [-0.2, -0.15) is 5.10 Å². The number of nitrogens with zero attached hydrogens (tertiary/aromatic N) is 3. The van der Waals surface area contributed by atoms with E-state index in [1.165, 1.54) is 0 Å². The molecule has 1 fully saturated rings. The van der Waals surface area contributed by atoms with Crippen LogP contribution in [0.1, 0.15) is 24.2 Å². The van der Waals surface area contributed by atoms with Crippen molar-refractivity contribution in [3.05, 3.63) is 42.0 Å². The summed E-state index contributed by atoms with van der Waals surface area (Å²) >= 11 is 0. The lowest BCUT2D eigenvalue weighted by atomic mass is 10.1. The molecule has 1 saturated heterocycles. The monoisotopic (exact) mass is 344 g/mol. The average Bonchev–Trinajstić information content (AvgIpc) is 3.02. The normalized spacial score (nSPS) is 20.2. The molecule has 0 radical (unpaired) electrons. The van der Waals surface area contributed by atoms with Gasteiger partial charge in [0.2, 0.25) is 5.91 Å². The Kier molecular flexibility index (Phi) is 5.65. The summed E-state index contributed by atoms with van der Waals surface area (Å²) in [5, 5.41) is 7.21. The Hall–Kier alpha value is -2.41. The van der Waals surface area contributed by atoms with E-state index in [0.717, 1.165) is 17.8 Å². The molecule has 2 aromatic rings. The molecule has 0 unspecified atom stereocenters. The Balaban J connectivity index is 1.54. The SMILES string of the molecule is Cc1ccc(O[C@H]2COCC[C@H]2NC(=O)CCc2ccnn2C)cn1. The highest BCUT2D eigenvalue weighted by molar-refractivity contribution is 5.76. The summed E-state index contributed by atoms with van der Waals surface area (Å²) in [5.41, 5.74) is 1.98. The smallest absolute Gasteiger partial charge is 0.220 e. The lowest BCUT2D eigenvalue weighted by molar-refractivity contribution is -0.123. The molecule has 0 aromatic carbocycles. The Bertz CT molecular complexity index is 699. The molecule has 3 rings (SSSR count). The van der Waals surface area contributed by atoms with Crippen molar-refractivity contribution in [1.82, 2.24) is 20.1 Å². The van der Waals surface area contributed by atoms with E-state index >= 15 is 0 Å². The van der Waals surface area contributed by atoms with Crippen LogP contribution in [0.15, 0.2) is 30.6 Å². The number of ether oxygens (including phenoxy) is 2. The molecule has 1 aliphatic heterocycles. The lowest BCUT2D eigenvalue weighted by Gasteiger charge is -2.32. The van der Waals surface area contributed by atoms with Crippen molar-refractivity contribution >= 4 is 5.91 Å². The minimum atomic E-state index is -0.209. The van der Waals surface area contributed by atoms with E-state index < -0.39 is 0 Å². The Morgan fingerprint density at radius 2 is 2.32 bits per heavy atom. The first-order valence-corrected chi connectivity index (χ1v) is 8.55. The summed E-state index contributed by atoms with van der Waals surface area (Å²) in [4.78, 5) is 16.5. The number of carbonyl (C=O) groups is 1. The number of carbonyl (C=O) groups excluding carboxylic acids is 1. The molecule has 134 valence electrons. The first-order valence-electron chi connectivity index (χ1n) is 8.55. The van der Waals surface area contributed by atoms with Crippen LogP contribution in [-0.4, -0.2) is 46.0 Å². The third-order valence-electron chi connectivity index (χ3n) is 4.35. The largest absolute Gasteiger partial charge is 0.484 e. The second-order valence-corrected chi connectivity index (χ2v) is 6.28. The number of pyridine rings is 1. The number of rotatable bonds is 6. The van der Waals surface area contributed by atoms with Crippen LogP contribution in [0.25, 0.3) is 0 Å². The van der Waals surface area contributed by atoms with Gasteiger partial charge >= 0.3 is 0 Å². The summed E-state index contributed by atoms with van der Waals surface area (Å²) in [6.45, 7) is 3.01. The minimum Gasteiger partial charge on any atom is -0.484 e. The molecule has 3 heterocycles. The van der Waals surface area contributed by atoms with E-state index in [-0.39, 0.29) is 18.1 Å². The molecule has 7 nitrogen and oxygen atoms in total. The number of hydrogen-bond donors (Lipinski definition) is 1. The Morgan fingerprint density at radius 3 is 3.04 bits per heavy atom. The van der Waals surface area contributed by atoms with E-state index in [2.05, 4.69) is 15.4 Å². The molecule has 2 atom stereocenters. The van der Waals surface area contributed by atoms with Crippen molar-refractivity contribution in [1.29, 1.82) is 0 Å². The Morgan fingerprint density at radius 1 is 1.44 bits per heavy atom. The number of nitrogens with one attached hydrogen (secondary N) is 1. The van der Waals surface area contributed by atoms with E-state index in [0.29, 0.717) is 31.8 Å². The first kappa shape index (κ1) is 17.4. The van der Waals surface area contributed by atoms with Crippen molar-refractivity contribution in [2.45, 2.75) is 38.3 Å². The van der Waals surface area contributed by atoms with Crippen molar-refractivity contribution < 1.29 is 14.3 Å². The van der Waals surface area contributed by atoms with Gasteiger partial charge in [0.05, 0.1) is 18.8 Å². The van der Waals surface area contributed by atoms with E-state index in [9.17, 15) is 4.79 Å². The molecule has 0 bridgehead atoms. The standard InChI is InChI=1S/C18H24N4O3/c1-13-3-5-15(11-19-13)25-17-12-24-10-8-16(17)21-18(23)6-4-14-7-9-20-22(14)2/h3,5,7,9,11,16-17H,4,6,8,10,12H2,1-2H3,(H,21,23)/t16-,17+/m1/s1. The zero-order chi connectivity index (χ0) is 17.6. The molecule has 25 heavy (non-hydrogen) atoms. The fourth-order valence-corrected chi connectivity index (χ4v) is 2.86. The maximum Gasteiger partial charge on any atom is 0.220 e. The van der Waals surface area contributed by atoms with Crippen LogP contribution in [0.5, 0.6) is 5.75 Å². The quantitative estimate of drug-likeness (QED) is 0.857. The highest BCUT2D eigenvalue weighted by Crippen LogP contribution is 2.17. The Labute approximate surface area is 147 Å². The number of hydrogen-bond acceptors (Lipinski definition) is 5. The molecule has 0 saturated carbocycles. The lowest BCUT2D eigenvalue weighted by Crippen LogP contribution is -2.51. The minimum absolute atomic E-state index is 0.0173. The van der Waals surface area contributed by atoms with Crippen LogP contribution in [0.3, 0.4) is 0 Å². The van der Waals surface area contributed by atoms with Gasteiger partial charge in [-0.15, -0.1) is 0 Å². The van der Waals surface area contributed by atoms with Gasteiger partial charge in [-0.1, -0.05) is 0 Å². The van der Waals surface area contributed by atoms with Crippen LogP contribution < -0.4 is 10.1 Å².